The maximum atomic E-state index is 12.1. The van der Waals surface area contributed by atoms with E-state index in [0.29, 0.717) is 19.3 Å². The van der Waals surface area contributed by atoms with Gasteiger partial charge in [-0.05, 0) is 37.8 Å². The summed E-state index contributed by atoms with van der Waals surface area (Å²) in [5.74, 6) is -0.745. The number of aryl methyl sites for hydroxylation is 1. The van der Waals surface area contributed by atoms with Crippen LogP contribution in [0, 0.1) is 6.92 Å². The molecule has 0 spiro atoms. The molecular weight excluding hydrogens is 254 g/mol. The Morgan fingerprint density at radius 1 is 1.20 bits per heavy atom. The van der Waals surface area contributed by atoms with Crippen molar-refractivity contribution >= 4 is 11.9 Å². The van der Waals surface area contributed by atoms with Crippen LogP contribution in [0.1, 0.15) is 49.8 Å². The van der Waals surface area contributed by atoms with Gasteiger partial charge in [-0.1, -0.05) is 24.3 Å². The van der Waals surface area contributed by atoms with Gasteiger partial charge >= 0.3 is 5.97 Å². The lowest BCUT2D eigenvalue weighted by atomic mass is 10.0. The Bertz CT molecular complexity index is 471. The molecule has 1 atom stereocenters. The van der Waals surface area contributed by atoms with E-state index in [1.807, 2.05) is 38.1 Å². The number of rotatable bonds is 7. The average molecular weight is 277 g/mol. The monoisotopic (exact) mass is 277 g/mol. The second kappa shape index (κ2) is 7.68. The molecule has 0 saturated carbocycles. The number of amides is 1. The number of benzene rings is 1. The molecule has 0 heterocycles. The van der Waals surface area contributed by atoms with E-state index in [-0.39, 0.29) is 18.4 Å². The van der Waals surface area contributed by atoms with E-state index in [4.69, 9.17) is 5.11 Å². The van der Waals surface area contributed by atoms with E-state index in [0.717, 1.165) is 5.56 Å². The minimum absolute atomic E-state index is 0.0307. The zero-order chi connectivity index (χ0) is 15.1. The standard InChI is InChI=1S/C16H23NO3/c1-12-8-4-5-9-14(12)13(2)17(3)15(18)10-6-7-11-16(19)20/h4-5,8-9,13H,6-7,10-11H2,1-3H3,(H,19,20). The molecule has 1 N–H and O–H groups in total. The zero-order valence-corrected chi connectivity index (χ0v) is 12.4. The molecule has 4 heteroatoms. The first kappa shape index (κ1) is 16.2. The van der Waals surface area contributed by atoms with Crippen LogP contribution in [0.2, 0.25) is 0 Å². The molecule has 0 saturated heterocycles. The predicted molar refractivity (Wildman–Crippen MR) is 78.5 cm³/mol. The van der Waals surface area contributed by atoms with Crippen LogP contribution in [0.25, 0.3) is 0 Å². The highest BCUT2D eigenvalue weighted by Crippen LogP contribution is 2.22. The fraction of sp³-hybridized carbons (Fsp3) is 0.500. The van der Waals surface area contributed by atoms with Gasteiger partial charge in [-0.3, -0.25) is 9.59 Å². The Hall–Kier alpha value is -1.84. The minimum atomic E-state index is -0.806. The van der Waals surface area contributed by atoms with Gasteiger partial charge in [0.2, 0.25) is 5.91 Å². The van der Waals surface area contributed by atoms with Crippen LogP contribution < -0.4 is 0 Å². The van der Waals surface area contributed by atoms with Gasteiger partial charge in [-0.2, -0.15) is 0 Å². The second-order valence-electron chi connectivity index (χ2n) is 5.14. The molecule has 1 amide bonds. The lowest BCUT2D eigenvalue weighted by Gasteiger charge is -2.26. The normalized spacial score (nSPS) is 11.9. The van der Waals surface area contributed by atoms with Gasteiger partial charge in [-0.25, -0.2) is 0 Å². The molecule has 0 aliphatic rings. The number of hydrogen-bond donors (Lipinski definition) is 1. The highest BCUT2D eigenvalue weighted by atomic mass is 16.4. The summed E-state index contributed by atoms with van der Waals surface area (Å²) in [6.45, 7) is 4.05. The summed E-state index contributed by atoms with van der Waals surface area (Å²) in [5, 5.41) is 8.56. The second-order valence-corrected chi connectivity index (χ2v) is 5.14. The number of carbonyl (C=O) groups is 2. The summed E-state index contributed by atoms with van der Waals surface area (Å²) in [6.07, 6.45) is 1.70. The molecule has 1 aromatic rings. The molecule has 1 rings (SSSR count). The van der Waals surface area contributed by atoms with Crippen molar-refractivity contribution in [2.75, 3.05) is 7.05 Å². The molecule has 4 nitrogen and oxygen atoms in total. The largest absolute Gasteiger partial charge is 0.481 e. The van der Waals surface area contributed by atoms with Crippen molar-refractivity contribution < 1.29 is 14.7 Å². The molecule has 0 fully saturated rings. The molecule has 0 radical (unpaired) electrons. The first-order valence-corrected chi connectivity index (χ1v) is 6.96. The third-order valence-electron chi connectivity index (χ3n) is 3.64. The van der Waals surface area contributed by atoms with E-state index in [1.54, 1.807) is 11.9 Å². The van der Waals surface area contributed by atoms with Crippen molar-refractivity contribution in [3.63, 3.8) is 0 Å². The van der Waals surface area contributed by atoms with Crippen LogP contribution in [-0.2, 0) is 9.59 Å². The first-order chi connectivity index (χ1) is 9.43. The topological polar surface area (TPSA) is 57.6 Å². The Labute approximate surface area is 120 Å². The van der Waals surface area contributed by atoms with Gasteiger partial charge in [0.05, 0.1) is 6.04 Å². The smallest absolute Gasteiger partial charge is 0.303 e. The van der Waals surface area contributed by atoms with Crippen LogP contribution in [0.5, 0.6) is 0 Å². The van der Waals surface area contributed by atoms with E-state index in [1.165, 1.54) is 5.56 Å². The van der Waals surface area contributed by atoms with Gasteiger partial charge in [-0.15, -0.1) is 0 Å². The maximum Gasteiger partial charge on any atom is 0.303 e. The van der Waals surface area contributed by atoms with Crippen LogP contribution in [0.3, 0.4) is 0 Å². The number of hydrogen-bond acceptors (Lipinski definition) is 2. The summed E-state index contributed by atoms with van der Waals surface area (Å²) in [7, 11) is 1.80. The number of unbranched alkanes of at least 4 members (excludes halogenated alkanes) is 1. The van der Waals surface area contributed by atoms with Crippen LogP contribution in [0.4, 0.5) is 0 Å². The fourth-order valence-corrected chi connectivity index (χ4v) is 2.21. The summed E-state index contributed by atoms with van der Waals surface area (Å²) >= 11 is 0. The van der Waals surface area contributed by atoms with Gasteiger partial charge in [0.1, 0.15) is 0 Å². The van der Waals surface area contributed by atoms with Crippen molar-refractivity contribution in [2.45, 2.75) is 45.6 Å². The summed E-state index contributed by atoms with van der Waals surface area (Å²) in [4.78, 5) is 24.2. The molecule has 110 valence electrons. The summed E-state index contributed by atoms with van der Waals surface area (Å²) in [5.41, 5.74) is 2.32. The SMILES string of the molecule is Cc1ccccc1C(C)N(C)C(=O)CCCCC(=O)O. The molecule has 0 bridgehead atoms. The van der Waals surface area contributed by atoms with Crippen molar-refractivity contribution in [3.8, 4) is 0 Å². The number of carbonyl (C=O) groups excluding carboxylic acids is 1. The van der Waals surface area contributed by atoms with Crippen LogP contribution >= 0.6 is 0 Å². The third kappa shape index (κ3) is 4.68. The predicted octanol–water partition coefficient (Wildman–Crippen LogP) is 3.16. The van der Waals surface area contributed by atoms with Crippen molar-refractivity contribution in [1.82, 2.24) is 4.90 Å². The minimum Gasteiger partial charge on any atom is -0.481 e. The quantitative estimate of drug-likeness (QED) is 0.779. The van der Waals surface area contributed by atoms with E-state index in [2.05, 4.69) is 0 Å². The number of carboxylic acids is 1. The molecule has 0 aliphatic heterocycles. The number of nitrogens with zero attached hydrogens (tertiary/aromatic N) is 1. The number of carboxylic acid groups (broad SMARTS) is 1. The highest BCUT2D eigenvalue weighted by molar-refractivity contribution is 5.76. The van der Waals surface area contributed by atoms with Crippen molar-refractivity contribution in [1.29, 1.82) is 0 Å². The fourth-order valence-electron chi connectivity index (χ4n) is 2.21. The van der Waals surface area contributed by atoms with Crippen LogP contribution in [0.15, 0.2) is 24.3 Å². The Balaban J connectivity index is 2.52. The first-order valence-electron chi connectivity index (χ1n) is 6.96. The number of aliphatic carboxylic acids is 1. The maximum absolute atomic E-state index is 12.1. The molecule has 0 aromatic heterocycles. The lowest BCUT2D eigenvalue weighted by Crippen LogP contribution is -2.29. The van der Waals surface area contributed by atoms with E-state index in [9.17, 15) is 9.59 Å². The molecular formula is C16H23NO3. The highest BCUT2D eigenvalue weighted by Gasteiger charge is 2.18. The van der Waals surface area contributed by atoms with Crippen LogP contribution in [-0.4, -0.2) is 28.9 Å². The Kier molecular flexibility index (Phi) is 6.22. The average Bonchev–Trinajstić information content (AvgIpc) is 2.42. The molecule has 20 heavy (non-hydrogen) atoms. The Morgan fingerprint density at radius 3 is 2.40 bits per heavy atom. The summed E-state index contributed by atoms with van der Waals surface area (Å²) < 4.78 is 0. The molecule has 1 unspecified atom stereocenters. The van der Waals surface area contributed by atoms with Gasteiger partial charge in [0.15, 0.2) is 0 Å². The Morgan fingerprint density at radius 2 is 1.80 bits per heavy atom. The van der Waals surface area contributed by atoms with E-state index < -0.39 is 5.97 Å². The van der Waals surface area contributed by atoms with Gasteiger partial charge in [0.25, 0.3) is 0 Å². The lowest BCUT2D eigenvalue weighted by molar-refractivity contribution is -0.137. The molecule has 0 aliphatic carbocycles. The summed E-state index contributed by atoms with van der Waals surface area (Å²) in [6, 6.07) is 8.07. The molecule has 1 aromatic carbocycles. The zero-order valence-electron chi connectivity index (χ0n) is 12.4. The third-order valence-corrected chi connectivity index (χ3v) is 3.64. The van der Waals surface area contributed by atoms with Gasteiger partial charge in [0, 0.05) is 19.9 Å². The van der Waals surface area contributed by atoms with Crippen molar-refractivity contribution in [3.05, 3.63) is 35.4 Å². The van der Waals surface area contributed by atoms with E-state index >= 15 is 0 Å². The van der Waals surface area contributed by atoms with Crippen molar-refractivity contribution in [2.24, 2.45) is 0 Å². The van der Waals surface area contributed by atoms with Gasteiger partial charge < -0.3 is 10.0 Å².